The maximum atomic E-state index is 12.6. The van der Waals surface area contributed by atoms with Crippen molar-refractivity contribution in [2.75, 3.05) is 51.3 Å². The van der Waals surface area contributed by atoms with Crippen LogP contribution in [-0.2, 0) is 10.0 Å². The third kappa shape index (κ3) is 5.50. The molecule has 1 aliphatic rings. The van der Waals surface area contributed by atoms with E-state index in [0.717, 1.165) is 26.2 Å². The zero-order valence-corrected chi connectivity index (χ0v) is 18.1. The molecular formula is C21H28N4O4S. The Bertz CT molecular complexity index is 1000. The first-order valence-corrected chi connectivity index (χ1v) is 11.4. The molecule has 3 rings (SSSR count). The Morgan fingerprint density at radius 3 is 2.50 bits per heavy atom. The van der Waals surface area contributed by atoms with E-state index in [1.54, 1.807) is 0 Å². The minimum absolute atomic E-state index is 0.124. The summed E-state index contributed by atoms with van der Waals surface area (Å²) in [5.41, 5.74) is 2.64. The van der Waals surface area contributed by atoms with Crippen molar-refractivity contribution in [3.63, 3.8) is 0 Å². The summed E-state index contributed by atoms with van der Waals surface area (Å²) < 4.78 is 28.3. The minimum Gasteiger partial charge on any atom is -0.496 e. The van der Waals surface area contributed by atoms with Gasteiger partial charge in [0.05, 0.1) is 17.6 Å². The normalized spacial score (nSPS) is 15.1. The molecule has 1 amide bonds. The van der Waals surface area contributed by atoms with Gasteiger partial charge in [0.2, 0.25) is 10.0 Å². The molecule has 1 saturated heterocycles. The van der Waals surface area contributed by atoms with Gasteiger partial charge in [-0.15, -0.1) is 0 Å². The monoisotopic (exact) mass is 432 g/mol. The summed E-state index contributed by atoms with van der Waals surface area (Å²) in [7, 11) is -2.47. The van der Waals surface area contributed by atoms with Gasteiger partial charge in [0.25, 0.3) is 5.91 Å². The summed E-state index contributed by atoms with van der Waals surface area (Å²) in [5, 5.41) is 8.01. The van der Waals surface area contributed by atoms with E-state index in [4.69, 9.17) is 9.88 Å². The SMILES string of the molecule is COc1ccc(S(N)(=O)=O)cc1C(=O)NCCN1CCN(c2cccc(C)c2)CC1. The first kappa shape index (κ1) is 22.1. The van der Waals surface area contributed by atoms with Crippen molar-refractivity contribution in [3.8, 4) is 5.75 Å². The van der Waals surface area contributed by atoms with Crippen molar-refractivity contribution < 1.29 is 17.9 Å². The first-order valence-electron chi connectivity index (χ1n) is 9.81. The van der Waals surface area contributed by atoms with Gasteiger partial charge in [-0.1, -0.05) is 12.1 Å². The summed E-state index contributed by atoms with van der Waals surface area (Å²) in [6.45, 7) is 6.94. The molecule has 162 valence electrons. The second kappa shape index (κ2) is 9.46. The number of nitrogens with two attached hydrogens (primary N) is 1. The fourth-order valence-corrected chi connectivity index (χ4v) is 4.06. The van der Waals surface area contributed by atoms with Crippen LogP contribution in [-0.4, -0.2) is 65.6 Å². The van der Waals surface area contributed by atoms with Crippen LogP contribution < -0.4 is 20.1 Å². The lowest BCUT2D eigenvalue weighted by Gasteiger charge is -2.36. The van der Waals surface area contributed by atoms with Gasteiger partial charge in [0.15, 0.2) is 0 Å². The van der Waals surface area contributed by atoms with Crippen molar-refractivity contribution in [3.05, 3.63) is 53.6 Å². The maximum absolute atomic E-state index is 12.6. The lowest BCUT2D eigenvalue weighted by molar-refractivity contribution is 0.0944. The molecule has 9 heteroatoms. The second-order valence-electron chi connectivity index (χ2n) is 7.33. The van der Waals surface area contributed by atoms with Gasteiger partial charge in [-0.05, 0) is 42.8 Å². The Morgan fingerprint density at radius 2 is 1.87 bits per heavy atom. The number of benzene rings is 2. The van der Waals surface area contributed by atoms with Crippen LogP contribution in [0.2, 0.25) is 0 Å². The molecule has 1 fully saturated rings. The molecule has 3 N–H and O–H groups in total. The molecule has 1 heterocycles. The lowest BCUT2D eigenvalue weighted by atomic mass is 10.2. The molecule has 0 radical (unpaired) electrons. The molecule has 2 aromatic rings. The van der Waals surface area contributed by atoms with E-state index in [1.807, 2.05) is 0 Å². The smallest absolute Gasteiger partial charge is 0.255 e. The molecule has 1 aliphatic heterocycles. The quantitative estimate of drug-likeness (QED) is 0.681. The molecule has 0 aliphatic carbocycles. The third-order valence-electron chi connectivity index (χ3n) is 5.20. The zero-order valence-electron chi connectivity index (χ0n) is 17.3. The van der Waals surface area contributed by atoms with Crippen molar-refractivity contribution in [2.45, 2.75) is 11.8 Å². The second-order valence-corrected chi connectivity index (χ2v) is 8.89. The van der Waals surface area contributed by atoms with Gasteiger partial charge in [-0.2, -0.15) is 0 Å². The Labute approximate surface area is 177 Å². The van der Waals surface area contributed by atoms with Crippen LogP contribution in [0.1, 0.15) is 15.9 Å². The summed E-state index contributed by atoms with van der Waals surface area (Å²) in [6, 6.07) is 12.5. The Balaban J connectivity index is 1.52. The number of hydrogen-bond donors (Lipinski definition) is 2. The zero-order chi connectivity index (χ0) is 21.7. The number of primary sulfonamides is 1. The standard InChI is InChI=1S/C21H28N4O4S/c1-16-4-3-5-17(14-16)25-12-10-24(11-13-25)9-8-23-21(26)19-15-18(30(22,27)28)6-7-20(19)29-2/h3-7,14-15H,8-13H2,1-2H3,(H,23,26)(H2,22,27,28). The number of anilines is 1. The van der Waals surface area contributed by atoms with E-state index >= 15 is 0 Å². The van der Waals surface area contributed by atoms with Crippen LogP contribution in [0.25, 0.3) is 0 Å². The van der Waals surface area contributed by atoms with E-state index in [0.29, 0.717) is 18.8 Å². The van der Waals surface area contributed by atoms with Gasteiger partial charge < -0.3 is 15.0 Å². The molecule has 0 saturated carbocycles. The highest BCUT2D eigenvalue weighted by molar-refractivity contribution is 7.89. The number of nitrogens with zero attached hydrogens (tertiary/aromatic N) is 2. The summed E-state index contributed by atoms with van der Waals surface area (Å²) in [4.78, 5) is 17.1. The number of methoxy groups -OCH3 is 1. The molecule has 0 atom stereocenters. The van der Waals surface area contributed by atoms with E-state index in [9.17, 15) is 13.2 Å². The molecule has 2 aromatic carbocycles. The number of ether oxygens (including phenoxy) is 1. The molecular weight excluding hydrogens is 404 g/mol. The maximum Gasteiger partial charge on any atom is 0.255 e. The van der Waals surface area contributed by atoms with Crippen LogP contribution in [0.4, 0.5) is 5.69 Å². The van der Waals surface area contributed by atoms with Crippen LogP contribution in [0.15, 0.2) is 47.4 Å². The van der Waals surface area contributed by atoms with Gasteiger partial charge in [-0.3, -0.25) is 9.69 Å². The summed E-state index contributed by atoms with van der Waals surface area (Å²) >= 11 is 0. The molecule has 30 heavy (non-hydrogen) atoms. The number of sulfonamides is 1. The first-order chi connectivity index (χ1) is 14.3. The number of carbonyl (C=O) groups is 1. The van der Waals surface area contributed by atoms with Crippen LogP contribution >= 0.6 is 0 Å². The average molecular weight is 433 g/mol. The van der Waals surface area contributed by atoms with Gasteiger partial charge in [0.1, 0.15) is 5.75 Å². The minimum atomic E-state index is -3.90. The highest BCUT2D eigenvalue weighted by Crippen LogP contribution is 2.22. The number of hydrogen-bond acceptors (Lipinski definition) is 6. The lowest BCUT2D eigenvalue weighted by Crippen LogP contribution is -2.48. The Morgan fingerprint density at radius 1 is 1.13 bits per heavy atom. The van der Waals surface area contributed by atoms with Crippen LogP contribution in [0, 0.1) is 6.92 Å². The number of nitrogens with one attached hydrogen (secondary N) is 1. The summed E-state index contributed by atoms with van der Waals surface area (Å²) in [6.07, 6.45) is 0. The highest BCUT2D eigenvalue weighted by atomic mass is 32.2. The Hall–Kier alpha value is -2.62. The van der Waals surface area contributed by atoms with E-state index in [2.05, 4.69) is 46.3 Å². The largest absolute Gasteiger partial charge is 0.496 e. The van der Waals surface area contributed by atoms with Crippen molar-refractivity contribution in [1.82, 2.24) is 10.2 Å². The third-order valence-corrected chi connectivity index (χ3v) is 6.11. The molecule has 0 aromatic heterocycles. The predicted molar refractivity (Wildman–Crippen MR) is 117 cm³/mol. The predicted octanol–water partition coefficient (Wildman–Crippen LogP) is 1.20. The molecule has 0 spiro atoms. The fraction of sp³-hybridized carbons (Fsp3) is 0.381. The van der Waals surface area contributed by atoms with Gasteiger partial charge in [0, 0.05) is 45.0 Å². The molecule has 0 unspecified atom stereocenters. The van der Waals surface area contributed by atoms with Crippen LogP contribution in [0.5, 0.6) is 5.75 Å². The number of rotatable bonds is 7. The van der Waals surface area contributed by atoms with E-state index in [1.165, 1.54) is 36.6 Å². The molecule has 0 bridgehead atoms. The average Bonchev–Trinajstić information content (AvgIpc) is 2.73. The van der Waals surface area contributed by atoms with Crippen LogP contribution in [0.3, 0.4) is 0 Å². The highest BCUT2D eigenvalue weighted by Gasteiger charge is 2.19. The van der Waals surface area contributed by atoms with Gasteiger partial charge >= 0.3 is 0 Å². The van der Waals surface area contributed by atoms with Crippen molar-refractivity contribution in [1.29, 1.82) is 0 Å². The van der Waals surface area contributed by atoms with E-state index < -0.39 is 15.9 Å². The van der Waals surface area contributed by atoms with Gasteiger partial charge in [-0.25, -0.2) is 13.6 Å². The summed E-state index contributed by atoms with van der Waals surface area (Å²) in [5.74, 6) is -0.0950. The number of piperazine rings is 1. The molecule has 8 nitrogen and oxygen atoms in total. The van der Waals surface area contributed by atoms with E-state index in [-0.39, 0.29) is 10.5 Å². The topological polar surface area (TPSA) is 105 Å². The number of carbonyl (C=O) groups excluding carboxylic acids is 1. The van der Waals surface area contributed by atoms with Crippen molar-refractivity contribution in [2.24, 2.45) is 5.14 Å². The number of amides is 1. The fourth-order valence-electron chi connectivity index (χ4n) is 3.52. The van der Waals surface area contributed by atoms with Crippen molar-refractivity contribution >= 4 is 21.6 Å². The Kier molecular flexibility index (Phi) is 6.96. The number of aryl methyl sites for hydroxylation is 1.